The maximum Gasteiger partial charge on any atom is 0.416 e. The molecular weight excluding hydrogens is 393 g/mol. The van der Waals surface area contributed by atoms with Crippen LogP contribution in [0.3, 0.4) is 0 Å². The van der Waals surface area contributed by atoms with Gasteiger partial charge in [-0.3, -0.25) is 4.79 Å². The van der Waals surface area contributed by atoms with Crippen LogP contribution in [0.2, 0.25) is 0 Å². The number of halogens is 3. The molecular formula is C23H23F3N2O2. The van der Waals surface area contributed by atoms with E-state index in [1.165, 1.54) is 6.07 Å². The first-order valence-corrected chi connectivity index (χ1v) is 9.59. The van der Waals surface area contributed by atoms with Gasteiger partial charge in [-0.2, -0.15) is 13.2 Å². The summed E-state index contributed by atoms with van der Waals surface area (Å²) in [7, 11) is 1.59. The number of ether oxygens (including phenoxy) is 1. The van der Waals surface area contributed by atoms with Crippen molar-refractivity contribution in [3.63, 3.8) is 0 Å². The molecule has 0 aliphatic heterocycles. The van der Waals surface area contributed by atoms with Gasteiger partial charge in [0.1, 0.15) is 0 Å². The average molecular weight is 416 g/mol. The summed E-state index contributed by atoms with van der Waals surface area (Å²) in [5.41, 5.74) is 0.768. The van der Waals surface area contributed by atoms with Gasteiger partial charge in [-0.05, 0) is 42.6 Å². The summed E-state index contributed by atoms with van der Waals surface area (Å²) in [6.45, 7) is 3.36. The zero-order chi connectivity index (χ0) is 21.7. The maximum atomic E-state index is 13.0. The Morgan fingerprint density at radius 1 is 1.03 bits per heavy atom. The molecule has 0 radical (unpaired) electrons. The maximum absolute atomic E-state index is 13.0. The largest absolute Gasteiger partial charge is 0.416 e. The number of benzene rings is 3. The number of rotatable bonds is 7. The number of anilines is 2. The first-order valence-electron chi connectivity index (χ1n) is 9.59. The molecule has 1 amide bonds. The van der Waals surface area contributed by atoms with Crippen molar-refractivity contribution in [1.82, 2.24) is 4.90 Å². The predicted molar refractivity (Wildman–Crippen MR) is 112 cm³/mol. The SMILES string of the molecule is CCN(CCOC)C(=O)c1ccc(Nc2cccc(C(F)(F)F)c2)c2ccccc12. The summed E-state index contributed by atoms with van der Waals surface area (Å²) in [5, 5.41) is 4.54. The summed E-state index contributed by atoms with van der Waals surface area (Å²) in [6.07, 6.45) is -4.41. The molecule has 1 N–H and O–H groups in total. The third-order valence-corrected chi connectivity index (χ3v) is 4.86. The van der Waals surface area contributed by atoms with Gasteiger partial charge >= 0.3 is 6.18 Å². The van der Waals surface area contributed by atoms with E-state index in [0.717, 1.165) is 22.9 Å². The highest BCUT2D eigenvalue weighted by Crippen LogP contribution is 2.33. The molecule has 0 bridgehead atoms. The van der Waals surface area contributed by atoms with E-state index in [9.17, 15) is 18.0 Å². The lowest BCUT2D eigenvalue weighted by molar-refractivity contribution is -0.137. The van der Waals surface area contributed by atoms with Crippen molar-refractivity contribution in [3.05, 3.63) is 71.8 Å². The van der Waals surface area contributed by atoms with Gasteiger partial charge in [0.2, 0.25) is 0 Å². The Bertz CT molecular complexity index is 1030. The van der Waals surface area contributed by atoms with Gasteiger partial charge < -0.3 is 15.0 Å². The van der Waals surface area contributed by atoms with Gasteiger partial charge in [0.25, 0.3) is 5.91 Å². The van der Waals surface area contributed by atoms with Crippen molar-refractivity contribution >= 4 is 28.1 Å². The fourth-order valence-corrected chi connectivity index (χ4v) is 3.30. The van der Waals surface area contributed by atoms with Crippen molar-refractivity contribution in [2.45, 2.75) is 13.1 Å². The summed E-state index contributed by atoms with van der Waals surface area (Å²) in [6, 6.07) is 15.8. The van der Waals surface area contributed by atoms with Crippen molar-refractivity contribution in [2.75, 3.05) is 32.1 Å². The number of carbonyl (C=O) groups is 1. The second kappa shape index (κ2) is 9.17. The fourth-order valence-electron chi connectivity index (χ4n) is 3.30. The van der Waals surface area contributed by atoms with Crippen LogP contribution in [-0.2, 0) is 10.9 Å². The van der Waals surface area contributed by atoms with Crippen molar-refractivity contribution in [3.8, 4) is 0 Å². The van der Waals surface area contributed by atoms with Gasteiger partial charge in [-0.1, -0.05) is 30.3 Å². The van der Waals surface area contributed by atoms with Crippen LogP contribution in [0.15, 0.2) is 60.7 Å². The molecule has 3 rings (SSSR count). The number of fused-ring (bicyclic) bond motifs is 1. The van der Waals surface area contributed by atoms with E-state index in [2.05, 4.69) is 5.32 Å². The van der Waals surface area contributed by atoms with Gasteiger partial charge in [-0.15, -0.1) is 0 Å². The first-order chi connectivity index (χ1) is 14.3. The minimum Gasteiger partial charge on any atom is -0.383 e. The summed E-state index contributed by atoms with van der Waals surface area (Å²) in [5.74, 6) is -0.114. The van der Waals surface area contributed by atoms with Gasteiger partial charge in [0.05, 0.1) is 12.2 Å². The van der Waals surface area contributed by atoms with Crippen molar-refractivity contribution in [2.24, 2.45) is 0 Å². The quantitative estimate of drug-likeness (QED) is 0.536. The Morgan fingerprint density at radius 3 is 2.43 bits per heavy atom. The fraction of sp³-hybridized carbons (Fsp3) is 0.261. The Hall–Kier alpha value is -3.06. The Kier molecular flexibility index (Phi) is 6.62. The minimum absolute atomic E-state index is 0.114. The van der Waals surface area contributed by atoms with E-state index < -0.39 is 11.7 Å². The highest BCUT2D eigenvalue weighted by Gasteiger charge is 2.30. The first kappa shape index (κ1) is 21.6. The van der Waals surface area contributed by atoms with Crippen LogP contribution in [0.1, 0.15) is 22.8 Å². The van der Waals surface area contributed by atoms with Crippen molar-refractivity contribution in [1.29, 1.82) is 0 Å². The number of likely N-dealkylation sites (N-methyl/N-ethyl adjacent to an activating group) is 1. The average Bonchev–Trinajstić information content (AvgIpc) is 2.74. The zero-order valence-corrected chi connectivity index (χ0v) is 16.8. The van der Waals surface area contributed by atoms with Crippen LogP contribution in [0.25, 0.3) is 10.8 Å². The lowest BCUT2D eigenvalue weighted by Crippen LogP contribution is -2.33. The van der Waals surface area contributed by atoms with Crippen LogP contribution < -0.4 is 5.32 Å². The Balaban J connectivity index is 1.98. The molecule has 30 heavy (non-hydrogen) atoms. The minimum atomic E-state index is -4.41. The monoisotopic (exact) mass is 416 g/mol. The lowest BCUT2D eigenvalue weighted by Gasteiger charge is -2.22. The molecule has 0 aliphatic rings. The number of methoxy groups -OCH3 is 1. The summed E-state index contributed by atoms with van der Waals surface area (Å²) in [4.78, 5) is 14.7. The molecule has 0 fully saturated rings. The number of carbonyl (C=O) groups excluding carboxylic acids is 1. The van der Waals surface area contributed by atoms with Crippen LogP contribution in [-0.4, -0.2) is 37.6 Å². The number of hydrogen-bond acceptors (Lipinski definition) is 3. The topological polar surface area (TPSA) is 41.6 Å². The third kappa shape index (κ3) is 4.74. The molecule has 0 saturated heterocycles. The molecule has 0 atom stereocenters. The number of hydrogen-bond donors (Lipinski definition) is 1. The zero-order valence-electron chi connectivity index (χ0n) is 16.8. The van der Waals surface area contributed by atoms with Crippen LogP contribution in [0.4, 0.5) is 24.5 Å². The van der Waals surface area contributed by atoms with Gasteiger partial charge in [0.15, 0.2) is 0 Å². The molecule has 0 aromatic heterocycles. The molecule has 0 heterocycles. The number of amides is 1. The van der Waals surface area contributed by atoms with E-state index in [-0.39, 0.29) is 5.91 Å². The van der Waals surface area contributed by atoms with Crippen LogP contribution in [0.5, 0.6) is 0 Å². The Morgan fingerprint density at radius 2 is 1.77 bits per heavy atom. The molecule has 3 aromatic rings. The molecule has 0 saturated carbocycles. The highest BCUT2D eigenvalue weighted by molar-refractivity contribution is 6.10. The van der Waals surface area contributed by atoms with Gasteiger partial charge in [-0.25, -0.2) is 0 Å². The summed E-state index contributed by atoms with van der Waals surface area (Å²) >= 11 is 0. The van der Waals surface area contributed by atoms with E-state index in [4.69, 9.17) is 4.74 Å². The molecule has 7 heteroatoms. The molecule has 0 unspecified atom stereocenters. The smallest absolute Gasteiger partial charge is 0.383 e. The Labute approximate surface area is 173 Å². The normalized spacial score (nSPS) is 11.5. The van der Waals surface area contributed by atoms with E-state index in [1.54, 1.807) is 30.2 Å². The van der Waals surface area contributed by atoms with Crippen molar-refractivity contribution < 1.29 is 22.7 Å². The molecule has 0 aliphatic carbocycles. The van der Waals surface area contributed by atoms with E-state index in [0.29, 0.717) is 36.6 Å². The molecule has 158 valence electrons. The van der Waals surface area contributed by atoms with E-state index in [1.807, 2.05) is 31.2 Å². The predicted octanol–water partition coefficient (Wildman–Crippen LogP) is 5.71. The van der Waals surface area contributed by atoms with Crippen LogP contribution in [0, 0.1) is 0 Å². The molecule has 4 nitrogen and oxygen atoms in total. The molecule has 0 spiro atoms. The standard InChI is InChI=1S/C23H23F3N2O2/c1-3-28(13-14-30-2)22(29)20-11-12-21(19-10-5-4-9-18(19)20)27-17-8-6-7-16(15-17)23(24,25)26/h4-12,15,27H,3,13-14H2,1-2H3. The number of nitrogens with one attached hydrogen (secondary N) is 1. The molecule has 3 aromatic carbocycles. The third-order valence-electron chi connectivity index (χ3n) is 4.86. The summed E-state index contributed by atoms with van der Waals surface area (Å²) < 4.78 is 44.1. The second-order valence-corrected chi connectivity index (χ2v) is 6.79. The highest BCUT2D eigenvalue weighted by atomic mass is 19.4. The van der Waals surface area contributed by atoms with E-state index >= 15 is 0 Å². The van der Waals surface area contributed by atoms with Crippen LogP contribution >= 0.6 is 0 Å². The number of nitrogens with zero attached hydrogens (tertiary/aromatic N) is 1. The number of alkyl halides is 3. The lowest BCUT2D eigenvalue weighted by atomic mass is 10.0. The van der Waals surface area contributed by atoms with Gasteiger partial charge in [0, 0.05) is 42.5 Å². The second-order valence-electron chi connectivity index (χ2n) is 6.79.